The third-order valence-electron chi connectivity index (χ3n) is 3.30. The summed E-state index contributed by atoms with van der Waals surface area (Å²) >= 11 is 0. The minimum absolute atomic E-state index is 0.437. The van der Waals surface area contributed by atoms with Crippen LogP contribution in [0.15, 0.2) is 30.5 Å². The van der Waals surface area contributed by atoms with Gasteiger partial charge in [-0.25, -0.2) is 4.98 Å². The summed E-state index contributed by atoms with van der Waals surface area (Å²) in [5.74, 6) is 1.06. The van der Waals surface area contributed by atoms with Gasteiger partial charge in [0.2, 0.25) is 5.95 Å². The number of nitriles is 1. The first-order valence-corrected chi connectivity index (χ1v) is 7.09. The van der Waals surface area contributed by atoms with E-state index in [1.54, 1.807) is 7.05 Å². The lowest BCUT2D eigenvalue weighted by Crippen LogP contribution is -2.10. The zero-order chi connectivity index (χ0) is 15.9. The molecular formula is C16H20N6. The summed E-state index contributed by atoms with van der Waals surface area (Å²) in [6, 6.07) is 10.5. The molecule has 1 aromatic carbocycles. The van der Waals surface area contributed by atoms with Gasteiger partial charge >= 0.3 is 0 Å². The highest BCUT2D eigenvalue weighted by Crippen LogP contribution is 2.14. The molecule has 0 saturated heterocycles. The van der Waals surface area contributed by atoms with Gasteiger partial charge in [0.25, 0.3) is 0 Å². The van der Waals surface area contributed by atoms with E-state index in [9.17, 15) is 0 Å². The van der Waals surface area contributed by atoms with E-state index >= 15 is 0 Å². The highest BCUT2D eigenvalue weighted by molar-refractivity contribution is 5.53. The largest absolute Gasteiger partial charge is 0.378 e. The molecule has 0 spiro atoms. The van der Waals surface area contributed by atoms with E-state index in [1.165, 1.54) is 17.4 Å². The number of nitrogens with one attached hydrogen (secondary N) is 2. The van der Waals surface area contributed by atoms with Crippen molar-refractivity contribution in [2.24, 2.45) is 0 Å². The fraction of sp³-hybridized carbons (Fsp3) is 0.312. The van der Waals surface area contributed by atoms with Gasteiger partial charge in [-0.15, -0.1) is 0 Å². The molecule has 0 aliphatic carbocycles. The Hall–Kier alpha value is -2.81. The molecule has 6 nitrogen and oxygen atoms in total. The maximum atomic E-state index is 8.93. The van der Waals surface area contributed by atoms with E-state index in [4.69, 9.17) is 5.26 Å². The SMILES string of the molecule is CNc1nc(NCCc2ccc(N(C)C)cc2)ncc1C#N. The Balaban J connectivity index is 1.92. The Kier molecular flexibility index (Phi) is 5.15. The van der Waals surface area contributed by atoms with Gasteiger partial charge in [-0.1, -0.05) is 12.1 Å². The van der Waals surface area contributed by atoms with Crippen molar-refractivity contribution in [1.82, 2.24) is 9.97 Å². The van der Waals surface area contributed by atoms with Crippen molar-refractivity contribution in [3.8, 4) is 6.07 Å². The number of anilines is 3. The number of benzene rings is 1. The molecule has 0 bridgehead atoms. The third-order valence-corrected chi connectivity index (χ3v) is 3.30. The molecule has 2 N–H and O–H groups in total. The molecule has 0 radical (unpaired) electrons. The van der Waals surface area contributed by atoms with Gasteiger partial charge in [0.05, 0.1) is 6.20 Å². The van der Waals surface area contributed by atoms with Crippen LogP contribution in [0.1, 0.15) is 11.1 Å². The highest BCUT2D eigenvalue weighted by Gasteiger charge is 2.04. The topological polar surface area (TPSA) is 76.9 Å². The summed E-state index contributed by atoms with van der Waals surface area (Å²) < 4.78 is 0. The predicted molar refractivity (Wildman–Crippen MR) is 89.3 cm³/mol. The van der Waals surface area contributed by atoms with E-state index in [1.807, 2.05) is 14.1 Å². The monoisotopic (exact) mass is 296 g/mol. The van der Waals surface area contributed by atoms with Crippen LogP contribution in [0.25, 0.3) is 0 Å². The van der Waals surface area contributed by atoms with Crippen molar-refractivity contribution in [2.75, 3.05) is 43.2 Å². The zero-order valence-corrected chi connectivity index (χ0v) is 13.1. The van der Waals surface area contributed by atoms with Crippen LogP contribution in [-0.2, 0) is 6.42 Å². The quantitative estimate of drug-likeness (QED) is 0.850. The number of nitrogens with zero attached hydrogens (tertiary/aromatic N) is 4. The Morgan fingerprint density at radius 3 is 2.55 bits per heavy atom. The summed E-state index contributed by atoms with van der Waals surface area (Å²) in [6.45, 7) is 0.733. The smallest absolute Gasteiger partial charge is 0.224 e. The molecule has 6 heteroatoms. The van der Waals surface area contributed by atoms with Gasteiger partial charge < -0.3 is 15.5 Å². The van der Waals surface area contributed by atoms with E-state index in [-0.39, 0.29) is 0 Å². The van der Waals surface area contributed by atoms with Crippen molar-refractivity contribution >= 4 is 17.5 Å². The molecule has 0 saturated carbocycles. The molecule has 1 heterocycles. The van der Waals surface area contributed by atoms with Gasteiger partial charge in [-0.3, -0.25) is 0 Å². The average molecular weight is 296 g/mol. The van der Waals surface area contributed by atoms with Gasteiger partial charge in [0.15, 0.2) is 0 Å². The Bertz CT molecular complexity index is 657. The molecular weight excluding hydrogens is 276 g/mol. The molecule has 0 atom stereocenters. The molecule has 114 valence electrons. The van der Waals surface area contributed by atoms with Crippen molar-refractivity contribution in [3.63, 3.8) is 0 Å². The summed E-state index contributed by atoms with van der Waals surface area (Å²) in [7, 11) is 5.79. The Morgan fingerprint density at radius 1 is 1.23 bits per heavy atom. The lowest BCUT2D eigenvalue weighted by atomic mass is 10.1. The molecule has 0 unspecified atom stereocenters. The summed E-state index contributed by atoms with van der Waals surface area (Å²) in [4.78, 5) is 10.5. The lowest BCUT2D eigenvalue weighted by molar-refractivity contribution is 0.981. The second-order valence-electron chi connectivity index (χ2n) is 5.06. The van der Waals surface area contributed by atoms with Crippen LogP contribution in [0.4, 0.5) is 17.5 Å². The Morgan fingerprint density at radius 2 is 1.95 bits per heavy atom. The van der Waals surface area contributed by atoms with Gasteiger partial charge in [0, 0.05) is 33.4 Å². The van der Waals surface area contributed by atoms with E-state index < -0.39 is 0 Å². The minimum atomic E-state index is 0.437. The van der Waals surface area contributed by atoms with Crippen molar-refractivity contribution in [1.29, 1.82) is 5.26 Å². The second kappa shape index (κ2) is 7.27. The van der Waals surface area contributed by atoms with Crippen LogP contribution in [0.5, 0.6) is 0 Å². The van der Waals surface area contributed by atoms with Crippen LogP contribution in [0.2, 0.25) is 0 Å². The van der Waals surface area contributed by atoms with E-state index in [0.29, 0.717) is 17.3 Å². The first-order valence-electron chi connectivity index (χ1n) is 7.09. The van der Waals surface area contributed by atoms with Gasteiger partial charge in [-0.2, -0.15) is 10.2 Å². The number of rotatable bonds is 6. The summed E-state index contributed by atoms with van der Waals surface area (Å²) in [6.07, 6.45) is 2.40. The van der Waals surface area contributed by atoms with Crippen molar-refractivity contribution < 1.29 is 0 Å². The van der Waals surface area contributed by atoms with Crippen LogP contribution in [0.3, 0.4) is 0 Å². The third kappa shape index (κ3) is 3.85. The number of hydrogen-bond acceptors (Lipinski definition) is 6. The van der Waals surface area contributed by atoms with E-state index in [2.05, 4.69) is 55.8 Å². The fourth-order valence-corrected chi connectivity index (χ4v) is 2.02. The standard InChI is InChI=1S/C16H20N6/c1-18-15-13(10-17)11-20-16(21-15)19-9-8-12-4-6-14(7-5-12)22(2)3/h4-7,11H,8-9H2,1-3H3,(H2,18,19,20,21). The zero-order valence-electron chi connectivity index (χ0n) is 13.1. The number of hydrogen-bond donors (Lipinski definition) is 2. The molecule has 2 rings (SSSR count). The second-order valence-corrected chi connectivity index (χ2v) is 5.06. The normalized spacial score (nSPS) is 9.91. The first kappa shape index (κ1) is 15.6. The maximum absolute atomic E-state index is 8.93. The summed E-state index contributed by atoms with van der Waals surface area (Å²) in [5.41, 5.74) is 2.87. The van der Waals surface area contributed by atoms with Crippen LogP contribution < -0.4 is 15.5 Å². The predicted octanol–water partition coefficient (Wildman–Crippen LogP) is 2.11. The average Bonchev–Trinajstić information content (AvgIpc) is 2.55. The van der Waals surface area contributed by atoms with Gasteiger partial charge in [0.1, 0.15) is 17.5 Å². The maximum Gasteiger partial charge on any atom is 0.224 e. The molecule has 0 amide bonds. The Labute approximate surface area is 130 Å². The van der Waals surface area contributed by atoms with E-state index in [0.717, 1.165) is 13.0 Å². The fourth-order valence-electron chi connectivity index (χ4n) is 2.02. The first-order chi connectivity index (χ1) is 10.6. The molecule has 0 aliphatic heterocycles. The summed E-state index contributed by atoms with van der Waals surface area (Å²) in [5, 5.41) is 15.0. The van der Waals surface area contributed by atoms with Crippen molar-refractivity contribution in [3.05, 3.63) is 41.6 Å². The number of aromatic nitrogens is 2. The molecule has 2 aromatic rings. The van der Waals surface area contributed by atoms with Gasteiger partial charge in [-0.05, 0) is 24.1 Å². The highest BCUT2D eigenvalue weighted by atomic mass is 15.1. The van der Waals surface area contributed by atoms with Crippen LogP contribution in [-0.4, -0.2) is 37.7 Å². The van der Waals surface area contributed by atoms with Crippen molar-refractivity contribution in [2.45, 2.75) is 6.42 Å². The molecule has 1 aromatic heterocycles. The minimum Gasteiger partial charge on any atom is -0.378 e. The molecule has 22 heavy (non-hydrogen) atoms. The van der Waals surface area contributed by atoms with Crippen LogP contribution >= 0.6 is 0 Å². The molecule has 0 fully saturated rings. The van der Waals surface area contributed by atoms with Crippen LogP contribution in [0, 0.1) is 11.3 Å². The molecule has 0 aliphatic rings. The lowest BCUT2D eigenvalue weighted by Gasteiger charge is -2.12.